The van der Waals surface area contributed by atoms with Gasteiger partial charge in [0.05, 0.1) is 6.54 Å². The van der Waals surface area contributed by atoms with E-state index in [1.165, 1.54) is 0 Å². The van der Waals surface area contributed by atoms with Gasteiger partial charge in [0.25, 0.3) is 0 Å². The van der Waals surface area contributed by atoms with Gasteiger partial charge in [-0.25, -0.2) is 9.38 Å². The van der Waals surface area contributed by atoms with E-state index in [-0.39, 0.29) is 29.8 Å². The number of halogens is 2. The van der Waals surface area contributed by atoms with Crippen LogP contribution in [0.2, 0.25) is 0 Å². The molecule has 1 aliphatic rings. The zero-order valence-corrected chi connectivity index (χ0v) is 16.2. The van der Waals surface area contributed by atoms with Gasteiger partial charge in [0.2, 0.25) is 0 Å². The summed E-state index contributed by atoms with van der Waals surface area (Å²) in [5.41, 5.74) is 7.55. The number of rotatable bonds is 4. The SMILES string of the molecule is CN(C)Cc1ccc(CN=C(N)N2CCSCC2)cc1F.I. The van der Waals surface area contributed by atoms with Crippen molar-refractivity contribution in [3.63, 3.8) is 0 Å². The van der Waals surface area contributed by atoms with Crippen LogP contribution in [0.5, 0.6) is 0 Å². The Kier molecular flexibility index (Phi) is 8.48. The van der Waals surface area contributed by atoms with Gasteiger partial charge >= 0.3 is 0 Å². The summed E-state index contributed by atoms with van der Waals surface area (Å²) < 4.78 is 14.0. The monoisotopic (exact) mass is 438 g/mol. The Morgan fingerprint density at radius 1 is 1.36 bits per heavy atom. The van der Waals surface area contributed by atoms with Crippen molar-refractivity contribution < 1.29 is 4.39 Å². The Morgan fingerprint density at radius 3 is 2.64 bits per heavy atom. The number of hydrogen-bond acceptors (Lipinski definition) is 3. The highest BCUT2D eigenvalue weighted by molar-refractivity contribution is 14.0. The molecule has 7 heteroatoms. The Bertz CT molecular complexity index is 504. The molecule has 0 aromatic heterocycles. The van der Waals surface area contributed by atoms with Gasteiger partial charge in [-0.05, 0) is 25.7 Å². The molecule has 0 unspecified atom stereocenters. The third-order valence-electron chi connectivity index (χ3n) is 3.36. The first-order chi connectivity index (χ1) is 10.1. The molecule has 0 radical (unpaired) electrons. The molecule has 4 nitrogen and oxygen atoms in total. The standard InChI is InChI=1S/C15H23FN4S.HI/c1-19(2)11-13-4-3-12(9-14(13)16)10-18-15(17)20-5-7-21-8-6-20;/h3-4,9H,5-8,10-11H2,1-2H3,(H2,17,18);1H. The van der Waals surface area contributed by atoms with Gasteiger partial charge in [-0.1, -0.05) is 12.1 Å². The number of guanidine groups is 1. The van der Waals surface area contributed by atoms with E-state index in [1.807, 2.05) is 42.9 Å². The second-order valence-corrected chi connectivity index (χ2v) is 6.66. The van der Waals surface area contributed by atoms with Crippen molar-refractivity contribution in [3.05, 3.63) is 35.1 Å². The zero-order chi connectivity index (χ0) is 15.2. The highest BCUT2D eigenvalue weighted by Gasteiger charge is 2.12. The number of thioether (sulfide) groups is 1. The number of nitrogens with two attached hydrogens (primary N) is 1. The van der Waals surface area contributed by atoms with Gasteiger partial charge in [-0.15, -0.1) is 24.0 Å². The highest BCUT2D eigenvalue weighted by Crippen LogP contribution is 2.13. The minimum Gasteiger partial charge on any atom is -0.370 e. The lowest BCUT2D eigenvalue weighted by atomic mass is 10.1. The molecule has 0 saturated carbocycles. The average Bonchev–Trinajstić information content (AvgIpc) is 2.48. The van der Waals surface area contributed by atoms with E-state index < -0.39 is 0 Å². The second-order valence-electron chi connectivity index (χ2n) is 5.44. The molecule has 1 aromatic carbocycles. The summed E-state index contributed by atoms with van der Waals surface area (Å²) in [7, 11) is 3.85. The Hall–Kier alpha value is -0.540. The molecule has 1 aromatic rings. The minimum atomic E-state index is -0.177. The van der Waals surface area contributed by atoms with Gasteiger partial charge < -0.3 is 15.5 Å². The van der Waals surface area contributed by atoms with E-state index in [0.29, 0.717) is 24.6 Å². The second kappa shape index (κ2) is 9.57. The molecule has 1 fully saturated rings. The Labute approximate surface area is 153 Å². The largest absolute Gasteiger partial charge is 0.370 e. The van der Waals surface area contributed by atoms with Crippen LogP contribution in [0.15, 0.2) is 23.2 Å². The van der Waals surface area contributed by atoms with Gasteiger partial charge in [0.1, 0.15) is 5.82 Å². The fourth-order valence-corrected chi connectivity index (χ4v) is 3.13. The predicted molar refractivity (Wildman–Crippen MR) is 103 cm³/mol. The number of benzene rings is 1. The lowest BCUT2D eigenvalue weighted by Crippen LogP contribution is -2.42. The molecule has 1 saturated heterocycles. The topological polar surface area (TPSA) is 44.9 Å². The first-order valence-electron chi connectivity index (χ1n) is 7.11. The fraction of sp³-hybridized carbons (Fsp3) is 0.533. The summed E-state index contributed by atoms with van der Waals surface area (Å²) >= 11 is 1.93. The van der Waals surface area contributed by atoms with E-state index in [9.17, 15) is 4.39 Å². The molecule has 22 heavy (non-hydrogen) atoms. The lowest BCUT2D eigenvalue weighted by molar-refractivity contribution is 0.392. The van der Waals surface area contributed by atoms with Crippen molar-refractivity contribution in [2.75, 3.05) is 38.7 Å². The Morgan fingerprint density at radius 2 is 2.05 bits per heavy atom. The molecule has 0 aliphatic carbocycles. The van der Waals surface area contributed by atoms with E-state index in [2.05, 4.69) is 9.89 Å². The lowest BCUT2D eigenvalue weighted by Gasteiger charge is -2.27. The van der Waals surface area contributed by atoms with Gasteiger partial charge in [-0.3, -0.25) is 0 Å². The zero-order valence-electron chi connectivity index (χ0n) is 13.1. The van der Waals surface area contributed by atoms with Crippen molar-refractivity contribution in [1.29, 1.82) is 0 Å². The van der Waals surface area contributed by atoms with E-state index >= 15 is 0 Å². The summed E-state index contributed by atoms with van der Waals surface area (Å²) in [6.45, 7) is 2.91. The summed E-state index contributed by atoms with van der Waals surface area (Å²) in [6, 6.07) is 5.31. The van der Waals surface area contributed by atoms with E-state index in [1.54, 1.807) is 6.07 Å². The summed E-state index contributed by atoms with van der Waals surface area (Å²) in [6.07, 6.45) is 0. The maximum absolute atomic E-state index is 14.0. The van der Waals surface area contributed by atoms with Gasteiger partial charge in [0.15, 0.2) is 5.96 Å². The van der Waals surface area contributed by atoms with Crippen LogP contribution in [-0.2, 0) is 13.1 Å². The van der Waals surface area contributed by atoms with Crippen LogP contribution >= 0.6 is 35.7 Å². The third-order valence-corrected chi connectivity index (χ3v) is 4.31. The molecule has 1 aliphatic heterocycles. The van der Waals surface area contributed by atoms with Gasteiger partial charge in [-0.2, -0.15) is 11.8 Å². The number of aliphatic imine (C=N–C) groups is 1. The molecule has 2 N–H and O–H groups in total. The first kappa shape index (κ1) is 19.5. The molecular formula is C15H24FIN4S. The maximum atomic E-state index is 14.0. The van der Waals surface area contributed by atoms with Crippen LogP contribution in [0.25, 0.3) is 0 Å². The Balaban J connectivity index is 0.00000242. The molecule has 0 atom stereocenters. The van der Waals surface area contributed by atoms with Crippen molar-refractivity contribution >= 4 is 41.7 Å². The van der Waals surface area contributed by atoms with Crippen LogP contribution in [0, 0.1) is 5.82 Å². The molecule has 2 rings (SSSR count). The van der Waals surface area contributed by atoms with Crippen molar-refractivity contribution in [2.45, 2.75) is 13.1 Å². The van der Waals surface area contributed by atoms with Crippen LogP contribution in [0.4, 0.5) is 4.39 Å². The van der Waals surface area contributed by atoms with Crippen molar-refractivity contribution in [2.24, 2.45) is 10.7 Å². The predicted octanol–water partition coefficient (Wildman–Crippen LogP) is 2.37. The van der Waals surface area contributed by atoms with Crippen LogP contribution in [-0.4, -0.2) is 54.4 Å². The molecule has 0 spiro atoms. The van der Waals surface area contributed by atoms with E-state index in [0.717, 1.165) is 30.2 Å². The molecule has 0 bridgehead atoms. The molecule has 1 heterocycles. The fourth-order valence-electron chi connectivity index (χ4n) is 2.22. The summed E-state index contributed by atoms with van der Waals surface area (Å²) in [5, 5.41) is 0. The number of nitrogens with zero attached hydrogens (tertiary/aromatic N) is 3. The van der Waals surface area contributed by atoms with Gasteiger partial charge in [0, 0.05) is 36.7 Å². The van der Waals surface area contributed by atoms with Crippen molar-refractivity contribution in [1.82, 2.24) is 9.80 Å². The highest BCUT2D eigenvalue weighted by atomic mass is 127. The number of hydrogen-bond donors (Lipinski definition) is 1. The minimum absolute atomic E-state index is 0. The normalized spacial score (nSPS) is 15.8. The average molecular weight is 438 g/mol. The van der Waals surface area contributed by atoms with Crippen LogP contribution in [0.1, 0.15) is 11.1 Å². The first-order valence-corrected chi connectivity index (χ1v) is 8.26. The van der Waals surface area contributed by atoms with E-state index in [4.69, 9.17) is 5.73 Å². The maximum Gasteiger partial charge on any atom is 0.191 e. The molecule has 0 amide bonds. The quantitative estimate of drug-likeness (QED) is 0.446. The summed E-state index contributed by atoms with van der Waals surface area (Å²) in [5.74, 6) is 2.56. The molecule has 124 valence electrons. The van der Waals surface area contributed by atoms with Crippen molar-refractivity contribution in [3.8, 4) is 0 Å². The van der Waals surface area contributed by atoms with Crippen LogP contribution in [0.3, 0.4) is 0 Å². The smallest absolute Gasteiger partial charge is 0.191 e. The summed E-state index contributed by atoms with van der Waals surface area (Å²) in [4.78, 5) is 8.42. The van der Waals surface area contributed by atoms with Crippen LogP contribution < -0.4 is 5.73 Å². The molecular weight excluding hydrogens is 414 g/mol. The third kappa shape index (κ3) is 5.92.